The largest absolute Gasteiger partial charge is 0.310 e. The highest BCUT2D eigenvalue weighted by molar-refractivity contribution is 9.10. The Morgan fingerprint density at radius 3 is 2.78 bits per heavy atom. The van der Waals surface area contributed by atoms with E-state index in [1.807, 2.05) is 0 Å². The van der Waals surface area contributed by atoms with Gasteiger partial charge in [-0.15, -0.1) is 0 Å². The maximum atomic E-state index is 12.0. The number of pyridine rings is 2. The number of aromatic nitrogens is 2. The van der Waals surface area contributed by atoms with Crippen LogP contribution in [-0.2, 0) is 6.54 Å². The lowest BCUT2D eigenvalue weighted by molar-refractivity contribution is 0.746. The fourth-order valence-electron chi connectivity index (χ4n) is 1.60. The van der Waals surface area contributed by atoms with Gasteiger partial charge in [0, 0.05) is 21.8 Å². The van der Waals surface area contributed by atoms with Gasteiger partial charge in [-0.05, 0) is 35.0 Å². The number of rotatable bonds is 2. The van der Waals surface area contributed by atoms with Crippen LogP contribution in [0.4, 0.5) is 0 Å². The second kappa shape index (κ2) is 5.43. The van der Waals surface area contributed by atoms with Crippen molar-refractivity contribution >= 4 is 39.1 Å². The maximum absolute atomic E-state index is 12.0. The maximum Gasteiger partial charge on any atom is 0.253 e. The van der Waals surface area contributed by atoms with Gasteiger partial charge in [0.05, 0.1) is 6.54 Å². The van der Waals surface area contributed by atoms with Crippen molar-refractivity contribution in [3.05, 3.63) is 60.7 Å². The molecule has 0 aliphatic heterocycles. The Labute approximate surface area is 123 Å². The molecule has 0 fully saturated rings. The minimum Gasteiger partial charge on any atom is -0.310 e. The number of hydrogen-bond donors (Lipinski definition) is 0. The number of halogens is 3. The van der Waals surface area contributed by atoms with Crippen molar-refractivity contribution in [1.29, 1.82) is 0 Å². The minimum absolute atomic E-state index is 0.0517. The Hall–Kier alpha value is -0.840. The van der Waals surface area contributed by atoms with Crippen molar-refractivity contribution in [1.82, 2.24) is 9.55 Å². The van der Waals surface area contributed by atoms with Crippen LogP contribution in [0.25, 0.3) is 0 Å². The van der Waals surface area contributed by atoms with Gasteiger partial charge in [0.15, 0.2) is 0 Å². The molecule has 2 aromatic rings. The standard InChI is InChI=1S/C12H9BrCl2N2O/c1-7-4-9(13)6-17(12(7)18)5-8-2-3-10(14)16-11(8)15/h2-4,6H,5H2,1H3. The monoisotopic (exact) mass is 346 g/mol. The molecule has 0 amide bonds. The second-order valence-corrected chi connectivity index (χ2v) is 5.52. The molecular formula is C12H9BrCl2N2O. The molecule has 94 valence electrons. The molecule has 18 heavy (non-hydrogen) atoms. The van der Waals surface area contributed by atoms with Crippen LogP contribution < -0.4 is 5.56 Å². The lowest BCUT2D eigenvalue weighted by atomic mass is 10.2. The van der Waals surface area contributed by atoms with E-state index in [2.05, 4.69) is 20.9 Å². The van der Waals surface area contributed by atoms with Gasteiger partial charge in [0.1, 0.15) is 10.3 Å². The molecule has 0 saturated heterocycles. The summed E-state index contributed by atoms with van der Waals surface area (Å²) in [5, 5.41) is 0.647. The molecule has 0 saturated carbocycles. The lowest BCUT2D eigenvalue weighted by Crippen LogP contribution is -2.22. The van der Waals surface area contributed by atoms with Gasteiger partial charge in [0.25, 0.3) is 5.56 Å². The van der Waals surface area contributed by atoms with E-state index in [1.165, 1.54) is 0 Å². The zero-order valence-electron chi connectivity index (χ0n) is 9.45. The summed E-state index contributed by atoms with van der Waals surface area (Å²) in [7, 11) is 0. The van der Waals surface area contributed by atoms with Crippen LogP contribution in [0.5, 0.6) is 0 Å². The topological polar surface area (TPSA) is 34.9 Å². The van der Waals surface area contributed by atoms with E-state index >= 15 is 0 Å². The molecular weight excluding hydrogens is 339 g/mol. The van der Waals surface area contributed by atoms with Crippen LogP contribution in [0.2, 0.25) is 10.3 Å². The molecule has 0 aliphatic rings. The first-order valence-corrected chi connectivity index (χ1v) is 6.70. The average molecular weight is 348 g/mol. The molecule has 0 aromatic carbocycles. The first kappa shape index (κ1) is 13.6. The van der Waals surface area contributed by atoms with Crippen molar-refractivity contribution in [2.45, 2.75) is 13.5 Å². The lowest BCUT2D eigenvalue weighted by Gasteiger charge is -2.09. The van der Waals surface area contributed by atoms with Crippen LogP contribution >= 0.6 is 39.1 Å². The van der Waals surface area contributed by atoms with E-state index in [9.17, 15) is 4.79 Å². The quantitative estimate of drug-likeness (QED) is 0.777. The van der Waals surface area contributed by atoms with Crippen LogP contribution in [0.3, 0.4) is 0 Å². The molecule has 0 atom stereocenters. The third kappa shape index (κ3) is 2.94. The number of hydrogen-bond acceptors (Lipinski definition) is 2. The normalized spacial score (nSPS) is 10.7. The summed E-state index contributed by atoms with van der Waals surface area (Å²) in [4.78, 5) is 15.9. The summed E-state index contributed by atoms with van der Waals surface area (Å²) < 4.78 is 2.42. The molecule has 0 aliphatic carbocycles. The summed E-state index contributed by atoms with van der Waals surface area (Å²) in [6.07, 6.45) is 1.72. The van der Waals surface area contributed by atoms with Crippen LogP contribution in [0.15, 0.2) is 33.7 Å². The minimum atomic E-state index is -0.0517. The van der Waals surface area contributed by atoms with E-state index in [0.29, 0.717) is 22.4 Å². The Morgan fingerprint density at radius 1 is 1.39 bits per heavy atom. The molecule has 3 nitrogen and oxygen atoms in total. The van der Waals surface area contributed by atoms with Crippen molar-refractivity contribution in [2.75, 3.05) is 0 Å². The Kier molecular flexibility index (Phi) is 4.10. The molecule has 2 rings (SSSR count). The molecule has 0 N–H and O–H groups in total. The van der Waals surface area contributed by atoms with Crippen molar-refractivity contribution in [3.63, 3.8) is 0 Å². The van der Waals surface area contributed by atoms with Gasteiger partial charge in [-0.3, -0.25) is 4.79 Å². The molecule has 0 bridgehead atoms. The zero-order valence-corrected chi connectivity index (χ0v) is 12.6. The van der Waals surface area contributed by atoms with E-state index < -0.39 is 0 Å². The summed E-state index contributed by atoms with van der Waals surface area (Å²) in [6.45, 7) is 2.13. The van der Waals surface area contributed by atoms with Gasteiger partial charge in [0.2, 0.25) is 0 Å². The van der Waals surface area contributed by atoms with E-state index in [1.54, 1.807) is 35.9 Å². The molecule has 0 radical (unpaired) electrons. The molecule has 6 heteroatoms. The van der Waals surface area contributed by atoms with Gasteiger partial charge < -0.3 is 4.57 Å². The Balaban J connectivity index is 2.43. The summed E-state index contributed by atoms with van der Waals surface area (Å²) in [5.41, 5.74) is 1.37. The third-order valence-electron chi connectivity index (χ3n) is 2.46. The highest BCUT2D eigenvalue weighted by Crippen LogP contribution is 2.18. The van der Waals surface area contributed by atoms with Crippen LogP contribution in [0.1, 0.15) is 11.1 Å². The van der Waals surface area contributed by atoms with Crippen molar-refractivity contribution in [3.8, 4) is 0 Å². The smallest absolute Gasteiger partial charge is 0.253 e. The predicted molar refractivity (Wildman–Crippen MR) is 76.5 cm³/mol. The fraction of sp³-hybridized carbons (Fsp3) is 0.167. The Bertz CT molecular complexity index is 655. The predicted octanol–water partition coefficient (Wildman–Crippen LogP) is 3.67. The molecule has 2 heterocycles. The Morgan fingerprint density at radius 2 is 2.11 bits per heavy atom. The summed E-state index contributed by atoms with van der Waals surface area (Å²) in [6, 6.07) is 5.19. The molecule has 0 unspecified atom stereocenters. The second-order valence-electron chi connectivity index (χ2n) is 3.86. The first-order chi connectivity index (χ1) is 8.47. The molecule has 0 spiro atoms. The SMILES string of the molecule is Cc1cc(Br)cn(Cc2ccc(Cl)nc2Cl)c1=O. The van der Waals surface area contributed by atoms with Crippen LogP contribution in [0, 0.1) is 6.92 Å². The highest BCUT2D eigenvalue weighted by atomic mass is 79.9. The van der Waals surface area contributed by atoms with Crippen LogP contribution in [-0.4, -0.2) is 9.55 Å². The summed E-state index contributed by atoms with van der Waals surface area (Å²) >= 11 is 15.1. The number of aryl methyl sites for hydroxylation is 1. The fourth-order valence-corrected chi connectivity index (χ4v) is 2.59. The van der Waals surface area contributed by atoms with Crippen molar-refractivity contribution < 1.29 is 0 Å². The van der Waals surface area contributed by atoms with E-state index in [-0.39, 0.29) is 5.56 Å². The van der Waals surface area contributed by atoms with Gasteiger partial charge in [-0.2, -0.15) is 0 Å². The van der Waals surface area contributed by atoms with E-state index in [4.69, 9.17) is 23.2 Å². The van der Waals surface area contributed by atoms with Gasteiger partial charge in [-0.25, -0.2) is 4.98 Å². The third-order valence-corrected chi connectivity index (χ3v) is 3.44. The molecule has 2 aromatic heterocycles. The average Bonchev–Trinajstić information content (AvgIpc) is 2.29. The number of nitrogens with zero attached hydrogens (tertiary/aromatic N) is 2. The van der Waals surface area contributed by atoms with Gasteiger partial charge >= 0.3 is 0 Å². The van der Waals surface area contributed by atoms with E-state index in [0.717, 1.165) is 10.0 Å². The summed E-state index contributed by atoms with van der Waals surface area (Å²) in [5.74, 6) is 0. The first-order valence-electron chi connectivity index (χ1n) is 5.15. The van der Waals surface area contributed by atoms with Gasteiger partial charge in [-0.1, -0.05) is 29.3 Å². The highest BCUT2D eigenvalue weighted by Gasteiger charge is 2.07. The zero-order chi connectivity index (χ0) is 13.3. The van der Waals surface area contributed by atoms with Crippen molar-refractivity contribution in [2.24, 2.45) is 0 Å².